The minimum absolute atomic E-state index is 0.0129. The van der Waals surface area contributed by atoms with Crippen LogP contribution in [0, 0.1) is 11.8 Å². The Hall–Kier alpha value is -1.10. The molecule has 5 nitrogen and oxygen atoms in total. The molecule has 1 aliphatic rings. The summed E-state index contributed by atoms with van der Waals surface area (Å²) in [5, 5.41) is 17.3. The highest BCUT2D eigenvalue weighted by Gasteiger charge is 2.30. The van der Waals surface area contributed by atoms with Gasteiger partial charge in [0.05, 0.1) is 18.4 Å². The first kappa shape index (κ1) is 13.0. The van der Waals surface area contributed by atoms with E-state index in [1.54, 1.807) is 0 Å². The third-order valence-electron chi connectivity index (χ3n) is 2.96. The summed E-state index contributed by atoms with van der Waals surface area (Å²) in [4.78, 5) is 22.2. The number of hydrogen-bond donors (Lipinski definition) is 2. The predicted molar refractivity (Wildman–Crippen MR) is 55.7 cm³/mol. The van der Waals surface area contributed by atoms with E-state index in [1.807, 2.05) is 0 Å². The zero-order valence-corrected chi connectivity index (χ0v) is 9.22. The van der Waals surface area contributed by atoms with Crippen molar-refractivity contribution in [3.63, 3.8) is 0 Å². The smallest absolute Gasteiger partial charge is 0.308 e. The van der Waals surface area contributed by atoms with E-state index < -0.39 is 5.97 Å². The van der Waals surface area contributed by atoms with Gasteiger partial charge in [-0.15, -0.1) is 0 Å². The van der Waals surface area contributed by atoms with E-state index in [9.17, 15) is 9.59 Å². The molecule has 0 atom stereocenters. The van der Waals surface area contributed by atoms with Crippen LogP contribution in [-0.2, 0) is 14.3 Å². The van der Waals surface area contributed by atoms with Crippen molar-refractivity contribution >= 4 is 11.9 Å². The van der Waals surface area contributed by atoms with Gasteiger partial charge in [-0.1, -0.05) is 0 Å². The van der Waals surface area contributed by atoms with Gasteiger partial charge in [-0.2, -0.15) is 0 Å². The van der Waals surface area contributed by atoms with Crippen molar-refractivity contribution in [2.24, 2.45) is 11.8 Å². The average Bonchev–Trinajstić information content (AvgIpc) is 2.29. The molecule has 0 unspecified atom stereocenters. The van der Waals surface area contributed by atoms with Crippen LogP contribution in [0.15, 0.2) is 0 Å². The van der Waals surface area contributed by atoms with E-state index in [2.05, 4.69) is 0 Å². The molecule has 0 aromatic heterocycles. The molecule has 2 N–H and O–H groups in total. The normalized spacial score (nSPS) is 25.1. The molecule has 5 heteroatoms. The lowest BCUT2D eigenvalue weighted by Gasteiger charge is -2.24. The van der Waals surface area contributed by atoms with Crippen molar-refractivity contribution in [1.82, 2.24) is 0 Å². The van der Waals surface area contributed by atoms with Crippen LogP contribution in [0.3, 0.4) is 0 Å². The minimum Gasteiger partial charge on any atom is -0.481 e. The number of carboxylic acid groups (broad SMARTS) is 1. The molecule has 0 bridgehead atoms. The summed E-state index contributed by atoms with van der Waals surface area (Å²) in [6.45, 7) is 0.257. The van der Waals surface area contributed by atoms with Gasteiger partial charge in [0.1, 0.15) is 0 Å². The molecule has 0 saturated heterocycles. The van der Waals surface area contributed by atoms with E-state index in [0.29, 0.717) is 32.1 Å². The van der Waals surface area contributed by atoms with Crippen LogP contribution in [0.1, 0.15) is 32.1 Å². The number of carbonyl (C=O) groups excluding carboxylic acids is 1. The van der Waals surface area contributed by atoms with Crippen molar-refractivity contribution in [1.29, 1.82) is 0 Å². The zero-order chi connectivity index (χ0) is 12.0. The van der Waals surface area contributed by atoms with Crippen LogP contribution in [-0.4, -0.2) is 35.4 Å². The first-order valence-electron chi connectivity index (χ1n) is 5.65. The van der Waals surface area contributed by atoms with Crippen molar-refractivity contribution < 1.29 is 24.5 Å². The number of hydrogen-bond acceptors (Lipinski definition) is 4. The highest BCUT2D eigenvalue weighted by atomic mass is 16.5. The molecule has 92 valence electrons. The Morgan fingerprint density at radius 2 is 1.69 bits per heavy atom. The first-order valence-corrected chi connectivity index (χ1v) is 5.65. The third kappa shape index (κ3) is 3.81. The Kier molecular flexibility index (Phi) is 5.25. The van der Waals surface area contributed by atoms with Gasteiger partial charge >= 0.3 is 11.9 Å². The van der Waals surface area contributed by atoms with Crippen molar-refractivity contribution in [2.45, 2.75) is 32.1 Å². The quantitative estimate of drug-likeness (QED) is 0.539. The number of carboxylic acids is 1. The molecule has 16 heavy (non-hydrogen) atoms. The highest BCUT2D eigenvalue weighted by Crippen LogP contribution is 2.29. The monoisotopic (exact) mass is 230 g/mol. The molecule has 1 fully saturated rings. The summed E-state index contributed by atoms with van der Waals surface area (Å²) in [6, 6.07) is 0. The number of carbonyl (C=O) groups is 2. The highest BCUT2D eigenvalue weighted by molar-refractivity contribution is 5.74. The molecule has 1 aliphatic carbocycles. The number of esters is 1. The van der Waals surface area contributed by atoms with Gasteiger partial charge in [0.15, 0.2) is 0 Å². The molecule has 0 aromatic rings. The van der Waals surface area contributed by atoms with E-state index in [4.69, 9.17) is 14.9 Å². The van der Waals surface area contributed by atoms with Crippen molar-refractivity contribution in [3.8, 4) is 0 Å². The fourth-order valence-electron chi connectivity index (χ4n) is 1.93. The molecule has 0 aliphatic heterocycles. The molecule has 0 spiro atoms. The lowest BCUT2D eigenvalue weighted by molar-refractivity contribution is -0.152. The molecule has 0 heterocycles. The SMILES string of the molecule is O=C(O)C1CCC(C(=O)OCCCO)CC1. The number of aliphatic hydroxyl groups is 1. The van der Waals surface area contributed by atoms with Crippen LogP contribution in [0.25, 0.3) is 0 Å². The van der Waals surface area contributed by atoms with Gasteiger partial charge < -0.3 is 14.9 Å². The fraction of sp³-hybridized carbons (Fsp3) is 0.818. The van der Waals surface area contributed by atoms with E-state index in [-0.39, 0.29) is 31.0 Å². The second-order valence-electron chi connectivity index (χ2n) is 4.13. The molecular weight excluding hydrogens is 212 g/mol. The molecule has 1 saturated carbocycles. The molecule has 0 radical (unpaired) electrons. The fourth-order valence-corrected chi connectivity index (χ4v) is 1.93. The average molecular weight is 230 g/mol. The first-order chi connectivity index (χ1) is 7.65. The predicted octanol–water partition coefficient (Wildman–Crippen LogP) is 0.803. The molecule has 0 aromatic carbocycles. The Bertz CT molecular complexity index is 243. The van der Waals surface area contributed by atoms with E-state index in [1.165, 1.54) is 0 Å². The largest absolute Gasteiger partial charge is 0.481 e. The summed E-state index contributed by atoms with van der Waals surface area (Å²) < 4.78 is 4.97. The van der Waals surface area contributed by atoms with E-state index >= 15 is 0 Å². The van der Waals surface area contributed by atoms with Crippen LogP contribution in [0.2, 0.25) is 0 Å². The van der Waals surface area contributed by atoms with Gasteiger partial charge in [0, 0.05) is 13.0 Å². The van der Waals surface area contributed by atoms with Crippen LogP contribution < -0.4 is 0 Å². The maximum absolute atomic E-state index is 11.5. The number of ether oxygens (including phenoxy) is 1. The summed E-state index contributed by atoms with van der Waals surface area (Å²) in [5.74, 6) is -1.49. The maximum atomic E-state index is 11.5. The van der Waals surface area contributed by atoms with Crippen molar-refractivity contribution in [2.75, 3.05) is 13.2 Å². The summed E-state index contributed by atoms with van der Waals surface area (Å²) in [7, 11) is 0. The lowest BCUT2D eigenvalue weighted by atomic mass is 9.82. The third-order valence-corrected chi connectivity index (χ3v) is 2.96. The Labute approximate surface area is 94.4 Å². The summed E-state index contributed by atoms with van der Waals surface area (Å²) in [5.41, 5.74) is 0. The van der Waals surface area contributed by atoms with Crippen LogP contribution >= 0.6 is 0 Å². The molecule has 1 rings (SSSR count). The van der Waals surface area contributed by atoms with Gasteiger partial charge in [0.2, 0.25) is 0 Å². The standard InChI is InChI=1S/C11H18O5/c12-6-1-7-16-11(15)9-4-2-8(3-5-9)10(13)14/h8-9,12H,1-7H2,(H,13,14). The topological polar surface area (TPSA) is 83.8 Å². The van der Waals surface area contributed by atoms with E-state index in [0.717, 1.165) is 0 Å². The number of aliphatic hydroxyl groups excluding tert-OH is 1. The maximum Gasteiger partial charge on any atom is 0.308 e. The van der Waals surface area contributed by atoms with Gasteiger partial charge in [-0.3, -0.25) is 9.59 Å². The Morgan fingerprint density at radius 3 is 2.19 bits per heavy atom. The lowest BCUT2D eigenvalue weighted by Crippen LogP contribution is -2.27. The van der Waals surface area contributed by atoms with Gasteiger partial charge in [-0.05, 0) is 25.7 Å². The zero-order valence-electron chi connectivity index (χ0n) is 9.22. The second kappa shape index (κ2) is 6.48. The number of aliphatic carboxylic acids is 1. The summed E-state index contributed by atoms with van der Waals surface area (Å²) in [6.07, 6.45) is 2.74. The van der Waals surface area contributed by atoms with Crippen LogP contribution in [0.4, 0.5) is 0 Å². The minimum atomic E-state index is -0.771. The molecular formula is C11H18O5. The second-order valence-corrected chi connectivity index (χ2v) is 4.13. The van der Waals surface area contributed by atoms with Gasteiger partial charge in [0.25, 0.3) is 0 Å². The van der Waals surface area contributed by atoms with Crippen LogP contribution in [0.5, 0.6) is 0 Å². The molecule has 0 amide bonds. The summed E-state index contributed by atoms with van der Waals surface area (Å²) >= 11 is 0. The number of rotatable bonds is 5. The Balaban J connectivity index is 2.25. The van der Waals surface area contributed by atoms with Crippen molar-refractivity contribution in [3.05, 3.63) is 0 Å². The Morgan fingerprint density at radius 1 is 1.12 bits per heavy atom. The van der Waals surface area contributed by atoms with Gasteiger partial charge in [-0.25, -0.2) is 0 Å².